The molecule has 1 heterocycles. The molecular weight excluding hydrogens is 256 g/mol. The smallest absolute Gasteiger partial charge is 0.0708 e. The summed E-state index contributed by atoms with van der Waals surface area (Å²) in [5.41, 5.74) is 10.9. The monoisotopic (exact) mass is 284 g/mol. The van der Waals surface area contributed by atoms with Crippen LogP contribution in [-0.2, 0) is 12.8 Å². The molecule has 0 saturated carbocycles. The minimum Gasteiger partial charge on any atom is -0.330 e. The number of fused-ring (bicyclic) bond motifs is 1. The second-order valence-corrected chi connectivity index (χ2v) is 6.93. The average molecular weight is 284 g/mol. The van der Waals surface area contributed by atoms with Crippen LogP contribution in [0.15, 0.2) is 24.3 Å². The Morgan fingerprint density at radius 1 is 1.19 bits per heavy atom. The highest BCUT2D eigenvalue weighted by Crippen LogP contribution is 2.24. The molecule has 0 unspecified atom stereocenters. The third-order valence-electron chi connectivity index (χ3n) is 4.16. The molecular formula is C19H28N2. The zero-order chi connectivity index (χ0) is 15.5. The molecule has 1 aromatic carbocycles. The van der Waals surface area contributed by atoms with E-state index in [1.54, 1.807) is 0 Å². The Balaban J connectivity index is 2.34. The van der Waals surface area contributed by atoms with Gasteiger partial charge in [0.2, 0.25) is 0 Å². The van der Waals surface area contributed by atoms with Crippen molar-refractivity contribution in [2.45, 2.75) is 53.4 Å². The van der Waals surface area contributed by atoms with Crippen molar-refractivity contribution in [3.8, 4) is 0 Å². The molecule has 21 heavy (non-hydrogen) atoms. The lowest BCUT2D eigenvalue weighted by atomic mass is 9.87. The summed E-state index contributed by atoms with van der Waals surface area (Å²) < 4.78 is 0. The van der Waals surface area contributed by atoms with E-state index < -0.39 is 0 Å². The molecule has 2 rings (SSSR count). The van der Waals surface area contributed by atoms with E-state index >= 15 is 0 Å². The van der Waals surface area contributed by atoms with Crippen molar-refractivity contribution >= 4 is 10.9 Å². The van der Waals surface area contributed by atoms with Gasteiger partial charge < -0.3 is 5.73 Å². The zero-order valence-corrected chi connectivity index (χ0v) is 13.9. The predicted octanol–water partition coefficient (Wildman–Crippen LogP) is 4.41. The second-order valence-electron chi connectivity index (χ2n) is 6.93. The maximum Gasteiger partial charge on any atom is 0.0708 e. The number of hydrogen-bond acceptors (Lipinski definition) is 2. The number of rotatable bonds is 6. The first-order valence-corrected chi connectivity index (χ1v) is 8.04. The van der Waals surface area contributed by atoms with Crippen molar-refractivity contribution in [3.05, 3.63) is 41.1 Å². The van der Waals surface area contributed by atoms with Crippen LogP contribution < -0.4 is 5.73 Å². The summed E-state index contributed by atoms with van der Waals surface area (Å²) in [6.07, 6.45) is 4.58. The number of aryl methyl sites for hydroxylation is 2. The van der Waals surface area contributed by atoms with Gasteiger partial charge in [0, 0.05) is 11.1 Å². The number of benzene rings is 1. The highest BCUT2D eigenvalue weighted by molar-refractivity contribution is 5.82. The molecule has 0 amide bonds. The van der Waals surface area contributed by atoms with Gasteiger partial charge in [-0.2, -0.15) is 0 Å². The van der Waals surface area contributed by atoms with E-state index in [1.807, 2.05) is 0 Å². The van der Waals surface area contributed by atoms with Crippen molar-refractivity contribution in [3.63, 3.8) is 0 Å². The van der Waals surface area contributed by atoms with Crippen LogP contribution in [0.2, 0.25) is 0 Å². The van der Waals surface area contributed by atoms with Gasteiger partial charge in [-0.05, 0) is 67.5 Å². The van der Waals surface area contributed by atoms with E-state index in [-0.39, 0.29) is 5.41 Å². The van der Waals surface area contributed by atoms with Gasteiger partial charge in [-0.15, -0.1) is 0 Å². The van der Waals surface area contributed by atoms with Gasteiger partial charge in [0.1, 0.15) is 0 Å². The average Bonchev–Trinajstić information content (AvgIpc) is 2.45. The van der Waals surface area contributed by atoms with Crippen LogP contribution in [0.3, 0.4) is 0 Å². The van der Waals surface area contributed by atoms with Gasteiger partial charge in [0.15, 0.2) is 0 Å². The molecule has 2 nitrogen and oxygen atoms in total. The lowest BCUT2D eigenvalue weighted by Crippen LogP contribution is -2.26. The summed E-state index contributed by atoms with van der Waals surface area (Å²) in [6.45, 7) is 9.50. The van der Waals surface area contributed by atoms with Gasteiger partial charge in [0.25, 0.3) is 0 Å². The molecule has 0 aliphatic rings. The van der Waals surface area contributed by atoms with Crippen LogP contribution in [0.4, 0.5) is 0 Å². The van der Waals surface area contributed by atoms with Gasteiger partial charge >= 0.3 is 0 Å². The highest BCUT2D eigenvalue weighted by Gasteiger charge is 2.17. The maximum absolute atomic E-state index is 5.84. The second kappa shape index (κ2) is 6.57. The fraction of sp³-hybridized carbons (Fsp3) is 0.526. The molecule has 0 spiro atoms. The van der Waals surface area contributed by atoms with E-state index in [0.29, 0.717) is 6.54 Å². The quantitative estimate of drug-likeness (QED) is 0.853. The number of aromatic nitrogens is 1. The Kier molecular flexibility index (Phi) is 5.00. The summed E-state index contributed by atoms with van der Waals surface area (Å²) in [4.78, 5) is 4.84. The number of pyridine rings is 1. The highest BCUT2D eigenvalue weighted by atomic mass is 14.7. The summed E-state index contributed by atoms with van der Waals surface area (Å²) in [7, 11) is 0. The maximum atomic E-state index is 5.84. The summed E-state index contributed by atoms with van der Waals surface area (Å²) >= 11 is 0. The predicted molar refractivity (Wildman–Crippen MR) is 91.6 cm³/mol. The SMILES string of the molecule is CCCCc1ccc2nc(CC(C)(C)CN)cc(C)c2c1. The minimum atomic E-state index is 0.105. The van der Waals surface area contributed by atoms with Gasteiger partial charge in [0.05, 0.1) is 5.52 Å². The van der Waals surface area contributed by atoms with Crippen molar-refractivity contribution in [2.24, 2.45) is 11.1 Å². The summed E-state index contributed by atoms with van der Waals surface area (Å²) in [5.74, 6) is 0. The Labute approximate surface area is 128 Å². The molecule has 0 atom stereocenters. The molecule has 1 aromatic heterocycles. The molecule has 0 fully saturated rings. The Hall–Kier alpha value is -1.41. The Morgan fingerprint density at radius 2 is 1.95 bits per heavy atom. The molecule has 0 bridgehead atoms. The zero-order valence-electron chi connectivity index (χ0n) is 13.9. The lowest BCUT2D eigenvalue weighted by molar-refractivity contribution is 0.373. The normalized spacial score (nSPS) is 12.0. The van der Waals surface area contributed by atoms with Crippen LogP contribution in [0.25, 0.3) is 10.9 Å². The first-order chi connectivity index (χ1) is 9.95. The molecule has 2 N–H and O–H groups in total. The van der Waals surface area contributed by atoms with Crippen LogP contribution in [0.5, 0.6) is 0 Å². The molecule has 0 saturated heterocycles. The molecule has 114 valence electrons. The molecule has 2 aromatic rings. The Morgan fingerprint density at radius 3 is 2.62 bits per heavy atom. The van der Waals surface area contributed by atoms with Gasteiger partial charge in [-0.25, -0.2) is 0 Å². The van der Waals surface area contributed by atoms with Crippen molar-refractivity contribution in [2.75, 3.05) is 6.54 Å². The Bertz CT molecular complexity index is 614. The third kappa shape index (κ3) is 4.04. The minimum absolute atomic E-state index is 0.105. The van der Waals surface area contributed by atoms with Crippen molar-refractivity contribution in [1.82, 2.24) is 4.98 Å². The number of nitrogens with two attached hydrogens (primary N) is 1. The van der Waals surface area contributed by atoms with Crippen molar-refractivity contribution < 1.29 is 0 Å². The fourth-order valence-electron chi connectivity index (χ4n) is 2.70. The van der Waals surface area contributed by atoms with E-state index in [9.17, 15) is 0 Å². The van der Waals surface area contributed by atoms with Crippen molar-refractivity contribution in [1.29, 1.82) is 0 Å². The van der Waals surface area contributed by atoms with Gasteiger partial charge in [-0.3, -0.25) is 4.98 Å². The number of nitrogens with zero attached hydrogens (tertiary/aromatic N) is 1. The van der Waals surface area contributed by atoms with E-state index in [2.05, 4.69) is 52.0 Å². The van der Waals surface area contributed by atoms with Crippen LogP contribution in [-0.4, -0.2) is 11.5 Å². The summed E-state index contributed by atoms with van der Waals surface area (Å²) in [6, 6.07) is 8.93. The van der Waals surface area contributed by atoms with Crippen LogP contribution in [0, 0.1) is 12.3 Å². The fourth-order valence-corrected chi connectivity index (χ4v) is 2.70. The van der Waals surface area contributed by atoms with Gasteiger partial charge in [-0.1, -0.05) is 33.3 Å². The molecule has 0 radical (unpaired) electrons. The molecule has 0 aliphatic heterocycles. The molecule has 2 heteroatoms. The third-order valence-corrected chi connectivity index (χ3v) is 4.16. The topological polar surface area (TPSA) is 38.9 Å². The van der Waals surface area contributed by atoms with E-state index in [0.717, 1.165) is 24.1 Å². The first-order valence-electron chi connectivity index (χ1n) is 8.04. The van der Waals surface area contributed by atoms with Crippen LogP contribution >= 0.6 is 0 Å². The van der Waals surface area contributed by atoms with Crippen LogP contribution in [0.1, 0.15) is 50.4 Å². The van der Waals surface area contributed by atoms with E-state index in [1.165, 1.54) is 29.4 Å². The standard InChI is InChI=1S/C19H28N2/c1-5-6-7-15-8-9-18-17(11-15)14(2)10-16(21-18)12-19(3,4)13-20/h8-11H,5-7,12-13,20H2,1-4H3. The van der Waals surface area contributed by atoms with E-state index in [4.69, 9.17) is 10.7 Å². The number of hydrogen-bond donors (Lipinski definition) is 1. The molecule has 0 aliphatic carbocycles. The number of unbranched alkanes of at least 4 members (excludes halogenated alkanes) is 1. The first kappa shape index (κ1) is 16.0. The summed E-state index contributed by atoms with van der Waals surface area (Å²) in [5, 5.41) is 1.29. The largest absolute Gasteiger partial charge is 0.330 e. The lowest BCUT2D eigenvalue weighted by Gasteiger charge is -2.22.